The van der Waals surface area contributed by atoms with Gasteiger partial charge in [0.15, 0.2) is 11.5 Å². The van der Waals surface area contributed by atoms with Crippen LogP contribution in [0, 0.1) is 12.8 Å². The maximum Gasteiger partial charge on any atom is 0.250 e. The Morgan fingerprint density at radius 1 is 1.31 bits per heavy atom. The van der Waals surface area contributed by atoms with E-state index in [0.29, 0.717) is 19.7 Å². The van der Waals surface area contributed by atoms with Gasteiger partial charge in [0.1, 0.15) is 0 Å². The lowest BCUT2D eigenvalue weighted by Gasteiger charge is -2.26. The molecule has 1 amide bonds. The predicted molar refractivity (Wildman–Crippen MR) is 98.7 cm³/mol. The summed E-state index contributed by atoms with van der Waals surface area (Å²) in [6, 6.07) is 11.0. The number of carbonyl (C=O) groups is 1. The molecule has 0 unspecified atom stereocenters. The van der Waals surface area contributed by atoms with Crippen LogP contribution in [0.5, 0.6) is 11.5 Å². The molecule has 1 aliphatic rings. The van der Waals surface area contributed by atoms with Crippen LogP contribution in [-0.2, 0) is 17.8 Å². The van der Waals surface area contributed by atoms with Gasteiger partial charge in [0.05, 0.1) is 13.7 Å². The average Bonchev–Trinajstić information content (AvgIpc) is 2.65. The zero-order valence-corrected chi connectivity index (χ0v) is 15.2. The Labute approximate surface area is 152 Å². The fourth-order valence-corrected chi connectivity index (χ4v) is 3.22. The van der Waals surface area contributed by atoms with E-state index in [1.165, 1.54) is 6.07 Å². The number of nitrogens with zero attached hydrogens (tertiary/aromatic N) is 1. The Morgan fingerprint density at radius 3 is 2.88 bits per heavy atom. The Balaban J connectivity index is 1.50. The summed E-state index contributed by atoms with van der Waals surface area (Å²) in [5.74, 6) is 1.71. The highest BCUT2D eigenvalue weighted by Gasteiger charge is 2.23. The second kappa shape index (κ2) is 8.08. The van der Waals surface area contributed by atoms with Crippen LogP contribution in [-0.4, -0.2) is 30.7 Å². The predicted octanol–water partition coefficient (Wildman–Crippen LogP) is 1.92. The van der Waals surface area contributed by atoms with Gasteiger partial charge in [0.2, 0.25) is 5.91 Å². The lowest BCUT2D eigenvalue weighted by atomic mass is 9.96. The number of hydrogen-bond acceptors (Lipinski definition) is 4. The summed E-state index contributed by atoms with van der Waals surface area (Å²) in [6.07, 6.45) is 1.12. The summed E-state index contributed by atoms with van der Waals surface area (Å²) < 4.78 is 12.8. The van der Waals surface area contributed by atoms with Crippen molar-refractivity contribution in [3.8, 4) is 11.5 Å². The first-order chi connectivity index (χ1) is 12.6. The number of methoxy groups -OCH3 is 1. The van der Waals surface area contributed by atoms with Crippen LogP contribution in [0.2, 0.25) is 0 Å². The fourth-order valence-electron chi connectivity index (χ4n) is 3.22. The third-order valence-corrected chi connectivity index (χ3v) is 4.67. The van der Waals surface area contributed by atoms with E-state index in [0.717, 1.165) is 29.2 Å². The zero-order valence-electron chi connectivity index (χ0n) is 15.2. The molecule has 6 heteroatoms. The van der Waals surface area contributed by atoms with Crippen LogP contribution >= 0.6 is 0 Å². The van der Waals surface area contributed by atoms with Crippen molar-refractivity contribution in [2.45, 2.75) is 26.3 Å². The molecule has 26 heavy (non-hydrogen) atoms. The van der Waals surface area contributed by atoms with Crippen molar-refractivity contribution in [2.24, 2.45) is 5.92 Å². The Bertz CT molecular complexity index is 844. The number of para-hydroxylation sites is 1. The summed E-state index contributed by atoms with van der Waals surface area (Å²) in [6.45, 7) is 3.35. The molecule has 138 valence electrons. The van der Waals surface area contributed by atoms with Crippen molar-refractivity contribution >= 4 is 5.91 Å². The van der Waals surface area contributed by atoms with Crippen LogP contribution in [0.15, 0.2) is 41.2 Å². The van der Waals surface area contributed by atoms with Gasteiger partial charge in [-0.15, -0.1) is 0 Å². The van der Waals surface area contributed by atoms with Crippen molar-refractivity contribution < 1.29 is 14.3 Å². The number of amides is 1. The standard InChI is InChI=1S/C20H24N2O4/c1-14-5-3-8-19(24)22(14)10-9-18(23)21-12-15-11-16-6-4-7-17(25-2)20(16)26-13-15/h3-8,15H,9-13H2,1-2H3,(H,21,23)/t15-/m0/s1. The molecule has 0 fully saturated rings. The van der Waals surface area contributed by atoms with E-state index >= 15 is 0 Å². The van der Waals surface area contributed by atoms with Gasteiger partial charge in [-0.05, 0) is 31.0 Å². The van der Waals surface area contributed by atoms with Gasteiger partial charge in [-0.25, -0.2) is 0 Å². The molecule has 6 nitrogen and oxygen atoms in total. The molecule has 3 rings (SSSR count). The van der Waals surface area contributed by atoms with E-state index in [1.807, 2.05) is 31.2 Å². The van der Waals surface area contributed by atoms with Crippen LogP contribution < -0.4 is 20.3 Å². The monoisotopic (exact) mass is 356 g/mol. The number of ether oxygens (including phenoxy) is 2. The van der Waals surface area contributed by atoms with Crippen LogP contribution in [0.4, 0.5) is 0 Å². The molecule has 1 aliphatic heterocycles. The van der Waals surface area contributed by atoms with Crippen molar-refractivity contribution in [1.29, 1.82) is 0 Å². The van der Waals surface area contributed by atoms with E-state index < -0.39 is 0 Å². The average molecular weight is 356 g/mol. The Hall–Kier alpha value is -2.76. The molecule has 0 saturated carbocycles. The second-order valence-electron chi connectivity index (χ2n) is 6.54. The first kappa shape index (κ1) is 18.0. The number of aromatic nitrogens is 1. The molecular weight excluding hydrogens is 332 g/mol. The zero-order chi connectivity index (χ0) is 18.5. The second-order valence-corrected chi connectivity index (χ2v) is 6.54. The van der Waals surface area contributed by atoms with Crippen molar-refractivity contribution in [1.82, 2.24) is 9.88 Å². The largest absolute Gasteiger partial charge is 0.493 e. The van der Waals surface area contributed by atoms with Gasteiger partial charge in [0.25, 0.3) is 5.56 Å². The number of benzene rings is 1. The highest BCUT2D eigenvalue weighted by Crippen LogP contribution is 2.35. The minimum Gasteiger partial charge on any atom is -0.493 e. The van der Waals surface area contributed by atoms with E-state index in [9.17, 15) is 9.59 Å². The third kappa shape index (κ3) is 4.07. The Kier molecular flexibility index (Phi) is 5.61. The topological polar surface area (TPSA) is 69.6 Å². The van der Waals surface area contributed by atoms with E-state index in [1.54, 1.807) is 17.7 Å². The van der Waals surface area contributed by atoms with E-state index in [-0.39, 0.29) is 23.8 Å². The summed E-state index contributed by atoms with van der Waals surface area (Å²) in [7, 11) is 1.63. The van der Waals surface area contributed by atoms with Gasteiger partial charge < -0.3 is 19.4 Å². The first-order valence-electron chi connectivity index (χ1n) is 8.80. The van der Waals surface area contributed by atoms with Crippen molar-refractivity contribution in [2.75, 3.05) is 20.3 Å². The smallest absolute Gasteiger partial charge is 0.250 e. The lowest BCUT2D eigenvalue weighted by molar-refractivity contribution is -0.121. The van der Waals surface area contributed by atoms with Crippen molar-refractivity contribution in [3.05, 3.63) is 58.0 Å². The molecule has 0 spiro atoms. The lowest BCUT2D eigenvalue weighted by Crippen LogP contribution is -2.35. The first-order valence-corrected chi connectivity index (χ1v) is 8.80. The minimum atomic E-state index is -0.0796. The van der Waals surface area contributed by atoms with Crippen LogP contribution in [0.1, 0.15) is 17.7 Å². The van der Waals surface area contributed by atoms with Crippen LogP contribution in [0.25, 0.3) is 0 Å². The maximum atomic E-state index is 12.1. The summed E-state index contributed by atoms with van der Waals surface area (Å²) in [5.41, 5.74) is 1.88. The molecule has 2 aromatic rings. The van der Waals surface area contributed by atoms with E-state index in [2.05, 4.69) is 5.32 Å². The molecule has 1 atom stereocenters. The third-order valence-electron chi connectivity index (χ3n) is 4.67. The van der Waals surface area contributed by atoms with Crippen molar-refractivity contribution in [3.63, 3.8) is 0 Å². The number of aryl methyl sites for hydroxylation is 1. The summed E-state index contributed by atoms with van der Waals surface area (Å²) in [4.78, 5) is 24.0. The number of nitrogens with one attached hydrogen (secondary N) is 1. The minimum absolute atomic E-state index is 0.0587. The van der Waals surface area contributed by atoms with Gasteiger partial charge >= 0.3 is 0 Å². The number of rotatable bonds is 6. The molecule has 0 radical (unpaired) electrons. The quantitative estimate of drug-likeness (QED) is 0.859. The summed E-state index contributed by atoms with van der Waals surface area (Å²) in [5, 5.41) is 2.96. The number of fused-ring (bicyclic) bond motifs is 1. The Morgan fingerprint density at radius 2 is 2.12 bits per heavy atom. The van der Waals surface area contributed by atoms with Gasteiger partial charge in [-0.1, -0.05) is 18.2 Å². The summed E-state index contributed by atoms with van der Waals surface area (Å²) >= 11 is 0. The van der Waals surface area contributed by atoms with Gasteiger partial charge in [-0.3, -0.25) is 9.59 Å². The SMILES string of the molecule is COc1cccc2c1OC[C@H](CNC(=O)CCn1c(C)cccc1=O)C2. The van der Waals surface area contributed by atoms with E-state index in [4.69, 9.17) is 9.47 Å². The number of pyridine rings is 1. The molecule has 0 saturated heterocycles. The van der Waals surface area contributed by atoms with Gasteiger partial charge in [-0.2, -0.15) is 0 Å². The highest BCUT2D eigenvalue weighted by molar-refractivity contribution is 5.75. The molecular formula is C20H24N2O4. The normalized spacial score (nSPS) is 15.7. The number of hydrogen-bond donors (Lipinski definition) is 1. The van der Waals surface area contributed by atoms with Gasteiger partial charge in [0, 0.05) is 37.2 Å². The fraction of sp³-hybridized carbons (Fsp3) is 0.400. The molecule has 0 aliphatic carbocycles. The number of carbonyl (C=O) groups excluding carboxylic acids is 1. The maximum absolute atomic E-state index is 12.1. The molecule has 2 heterocycles. The van der Waals surface area contributed by atoms with Crippen LogP contribution in [0.3, 0.4) is 0 Å². The molecule has 1 aromatic carbocycles. The molecule has 1 N–H and O–H groups in total. The molecule has 0 bridgehead atoms. The molecule has 1 aromatic heterocycles. The highest BCUT2D eigenvalue weighted by atomic mass is 16.5.